The Morgan fingerprint density at radius 1 is 1.33 bits per heavy atom. The number of hydrogen-bond acceptors (Lipinski definition) is 5. The molecule has 0 saturated heterocycles. The van der Waals surface area contributed by atoms with Gasteiger partial charge in [-0.1, -0.05) is 0 Å². The van der Waals surface area contributed by atoms with Crippen molar-refractivity contribution in [2.45, 2.75) is 13.0 Å². The van der Waals surface area contributed by atoms with Gasteiger partial charge in [0.05, 0.1) is 17.6 Å². The maximum absolute atomic E-state index is 11.5. The molecule has 1 aromatic carbocycles. The first kappa shape index (κ1) is 16.7. The zero-order valence-corrected chi connectivity index (χ0v) is 12.1. The molecule has 0 aromatic heterocycles. The van der Waals surface area contributed by atoms with Crippen LogP contribution in [0, 0.1) is 10.1 Å². The molecule has 1 atom stereocenters. The van der Waals surface area contributed by atoms with E-state index >= 15 is 0 Å². The number of carbonyl (C=O) groups is 1. The van der Waals surface area contributed by atoms with Crippen LogP contribution in [-0.2, 0) is 4.74 Å². The van der Waals surface area contributed by atoms with E-state index in [1.165, 1.54) is 12.1 Å². The third kappa shape index (κ3) is 6.57. The van der Waals surface area contributed by atoms with Crippen LogP contribution in [0.1, 0.15) is 6.92 Å². The maximum Gasteiger partial charge on any atom is 0.315 e. The number of nitro groups is 1. The summed E-state index contributed by atoms with van der Waals surface area (Å²) < 4.78 is 4.91. The van der Waals surface area contributed by atoms with E-state index in [1.807, 2.05) is 6.92 Å². The Morgan fingerprint density at radius 3 is 2.57 bits per heavy atom. The van der Waals surface area contributed by atoms with Gasteiger partial charge in [-0.15, -0.1) is 0 Å². The smallest absolute Gasteiger partial charge is 0.315 e. The minimum Gasteiger partial charge on any atom is -0.383 e. The van der Waals surface area contributed by atoms with Crippen LogP contribution in [0.4, 0.5) is 16.2 Å². The van der Waals surface area contributed by atoms with Gasteiger partial charge in [0.25, 0.3) is 5.69 Å². The van der Waals surface area contributed by atoms with E-state index in [-0.39, 0.29) is 17.8 Å². The molecule has 0 aliphatic heterocycles. The van der Waals surface area contributed by atoms with Gasteiger partial charge in [-0.25, -0.2) is 4.79 Å². The number of hydrogen-bond donors (Lipinski definition) is 3. The van der Waals surface area contributed by atoms with Crippen LogP contribution < -0.4 is 16.0 Å². The van der Waals surface area contributed by atoms with E-state index in [4.69, 9.17) is 4.74 Å². The van der Waals surface area contributed by atoms with Crippen molar-refractivity contribution >= 4 is 17.4 Å². The number of benzene rings is 1. The molecule has 8 nitrogen and oxygen atoms in total. The number of amides is 2. The largest absolute Gasteiger partial charge is 0.383 e. The van der Waals surface area contributed by atoms with E-state index in [0.29, 0.717) is 19.7 Å². The number of ether oxygens (including phenoxy) is 1. The average molecular weight is 296 g/mol. The van der Waals surface area contributed by atoms with Crippen molar-refractivity contribution < 1.29 is 14.5 Å². The molecule has 0 radical (unpaired) electrons. The zero-order chi connectivity index (χ0) is 15.7. The van der Waals surface area contributed by atoms with Gasteiger partial charge >= 0.3 is 6.03 Å². The number of rotatable bonds is 8. The third-order valence-corrected chi connectivity index (χ3v) is 2.61. The minimum atomic E-state index is -0.448. The summed E-state index contributed by atoms with van der Waals surface area (Å²) in [4.78, 5) is 21.5. The second kappa shape index (κ2) is 8.75. The number of anilines is 1. The van der Waals surface area contributed by atoms with E-state index in [1.54, 1.807) is 19.2 Å². The van der Waals surface area contributed by atoms with Gasteiger partial charge in [0.2, 0.25) is 0 Å². The Balaban J connectivity index is 2.21. The Hall–Kier alpha value is -2.35. The Kier molecular flexibility index (Phi) is 6.96. The predicted octanol–water partition coefficient (Wildman–Crippen LogP) is 1.34. The average Bonchev–Trinajstić information content (AvgIpc) is 2.44. The van der Waals surface area contributed by atoms with Crippen LogP contribution in [-0.4, -0.2) is 43.8 Å². The van der Waals surface area contributed by atoms with Crippen molar-refractivity contribution in [1.82, 2.24) is 10.6 Å². The quantitative estimate of drug-likeness (QED) is 0.381. The van der Waals surface area contributed by atoms with Crippen molar-refractivity contribution in [2.24, 2.45) is 0 Å². The second-order valence-electron chi connectivity index (χ2n) is 4.49. The lowest BCUT2D eigenvalue weighted by atomic mass is 10.3. The summed E-state index contributed by atoms with van der Waals surface area (Å²) in [5.41, 5.74) is 0.806. The summed E-state index contributed by atoms with van der Waals surface area (Å²) >= 11 is 0. The summed E-state index contributed by atoms with van der Waals surface area (Å²) in [6.45, 7) is 3.25. The molecular formula is C13H20N4O4. The fourth-order valence-corrected chi connectivity index (χ4v) is 1.65. The standard InChI is InChI=1S/C13H20N4O4/c1-10(9-21-2)16-13(18)15-8-7-14-11-3-5-12(6-4-11)17(19)20/h3-6,10,14H,7-9H2,1-2H3,(H2,15,16,18). The fourth-order valence-electron chi connectivity index (χ4n) is 1.65. The molecule has 0 saturated carbocycles. The molecule has 0 fully saturated rings. The number of nitrogens with zero attached hydrogens (tertiary/aromatic N) is 1. The monoisotopic (exact) mass is 296 g/mol. The van der Waals surface area contributed by atoms with Crippen LogP contribution >= 0.6 is 0 Å². The van der Waals surface area contributed by atoms with Gasteiger partial charge in [0, 0.05) is 38.0 Å². The van der Waals surface area contributed by atoms with Crippen molar-refractivity contribution in [3.05, 3.63) is 34.4 Å². The van der Waals surface area contributed by atoms with Crippen molar-refractivity contribution in [2.75, 3.05) is 32.1 Å². The molecule has 1 rings (SSSR count). The highest BCUT2D eigenvalue weighted by atomic mass is 16.6. The molecule has 1 unspecified atom stereocenters. The number of methoxy groups -OCH3 is 1. The molecule has 2 amide bonds. The topological polar surface area (TPSA) is 106 Å². The summed E-state index contributed by atoms with van der Waals surface area (Å²) in [6, 6.07) is 5.78. The van der Waals surface area contributed by atoms with Gasteiger partial charge in [-0.2, -0.15) is 0 Å². The molecule has 0 aliphatic carbocycles. The minimum absolute atomic E-state index is 0.0465. The van der Waals surface area contributed by atoms with Crippen LogP contribution in [0.25, 0.3) is 0 Å². The van der Waals surface area contributed by atoms with Crippen molar-refractivity contribution in [3.63, 3.8) is 0 Å². The van der Waals surface area contributed by atoms with Gasteiger partial charge in [0.15, 0.2) is 0 Å². The summed E-state index contributed by atoms with van der Waals surface area (Å²) in [5, 5.41) is 19.0. The molecule has 8 heteroatoms. The predicted molar refractivity (Wildman–Crippen MR) is 79.5 cm³/mol. The molecule has 0 aliphatic rings. The van der Waals surface area contributed by atoms with Crippen molar-refractivity contribution in [3.8, 4) is 0 Å². The summed E-state index contributed by atoms with van der Waals surface area (Å²) in [6.07, 6.45) is 0. The van der Waals surface area contributed by atoms with Crippen LogP contribution in [0.3, 0.4) is 0 Å². The Bertz CT molecular complexity index is 464. The lowest BCUT2D eigenvalue weighted by molar-refractivity contribution is -0.384. The van der Waals surface area contributed by atoms with Gasteiger partial charge < -0.3 is 20.7 Å². The molecule has 0 spiro atoms. The highest BCUT2D eigenvalue weighted by Crippen LogP contribution is 2.14. The van der Waals surface area contributed by atoms with Gasteiger partial charge in [-0.3, -0.25) is 10.1 Å². The first-order valence-corrected chi connectivity index (χ1v) is 6.54. The Morgan fingerprint density at radius 2 is 2.00 bits per heavy atom. The molecule has 116 valence electrons. The van der Waals surface area contributed by atoms with Gasteiger partial charge in [0.1, 0.15) is 0 Å². The number of carbonyl (C=O) groups excluding carboxylic acids is 1. The summed E-state index contributed by atoms with van der Waals surface area (Å²) in [7, 11) is 1.57. The molecule has 1 aromatic rings. The maximum atomic E-state index is 11.5. The van der Waals surface area contributed by atoms with E-state index in [9.17, 15) is 14.9 Å². The number of nitro benzene ring substituents is 1. The fraction of sp³-hybridized carbons (Fsp3) is 0.462. The highest BCUT2D eigenvalue weighted by Gasteiger charge is 2.06. The normalized spacial score (nSPS) is 11.5. The first-order valence-electron chi connectivity index (χ1n) is 6.54. The lowest BCUT2D eigenvalue weighted by Crippen LogP contribution is -2.43. The molecular weight excluding hydrogens is 276 g/mol. The van der Waals surface area contributed by atoms with Crippen molar-refractivity contribution in [1.29, 1.82) is 0 Å². The van der Waals surface area contributed by atoms with Crippen LogP contribution in [0.2, 0.25) is 0 Å². The molecule has 0 heterocycles. The number of non-ortho nitro benzene ring substituents is 1. The Labute approximate surface area is 123 Å². The van der Waals surface area contributed by atoms with Crippen LogP contribution in [0.15, 0.2) is 24.3 Å². The summed E-state index contributed by atoms with van der Waals surface area (Å²) in [5.74, 6) is 0. The van der Waals surface area contributed by atoms with Crippen LogP contribution in [0.5, 0.6) is 0 Å². The number of nitrogens with one attached hydrogen (secondary N) is 3. The second-order valence-corrected chi connectivity index (χ2v) is 4.49. The van der Waals surface area contributed by atoms with E-state index in [0.717, 1.165) is 5.69 Å². The molecule has 0 bridgehead atoms. The highest BCUT2D eigenvalue weighted by molar-refractivity contribution is 5.74. The van der Waals surface area contributed by atoms with E-state index < -0.39 is 4.92 Å². The van der Waals surface area contributed by atoms with E-state index in [2.05, 4.69) is 16.0 Å². The third-order valence-electron chi connectivity index (χ3n) is 2.61. The zero-order valence-electron chi connectivity index (χ0n) is 12.1. The lowest BCUT2D eigenvalue weighted by Gasteiger charge is -2.14. The molecule has 3 N–H and O–H groups in total. The van der Waals surface area contributed by atoms with Gasteiger partial charge in [-0.05, 0) is 19.1 Å². The first-order chi connectivity index (χ1) is 10.0. The SMILES string of the molecule is COCC(C)NC(=O)NCCNc1ccc([N+](=O)[O-])cc1. The number of urea groups is 1. The molecule has 21 heavy (non-hydrogen) atoms.